The van der Waals surface area contributed by atoms with Gasteiger partial charge in [0.25, 0.3) is 5.91 Å². The minimum Gasteiger partial charge on any atom is -0.449 e. The number of aromatic nitrogens is 2. The molecular weight excluding hydrogens is 320 g/mol. The number of nitrogens with zero attached hydrogens (tertiary/aromatic N) is 4. The van der Waals surface area contributed by atoms with Gasteiger partial charge >= 0.3 is 6.09 Å². The van der Waals surface area contributed by atoms with Crippen LogP contribution < -0.4 is 0 Å². The van der Waals surface area contributed by atoms with Crippen LogP contribution in [-0.2, 0) is 4.74 Å². The van der Waals surface area contributed by atoms with Gasteiger partial charge in [-0.1, -0.05) is 19.9 Å². The van der Waals surface area contributed by atoms with Crippen molar-refractivity contribution in [2.24, 2.45) is 5.92 Å². The summed E-state index contributed by atoms with van der Waals surface area (Å²) < 4.78 is 7.12. The van der Waals surface area contributed by atoms with Gasteiger partial charge in [0.2, 0.25) is 0 Å². The molecule has 0 aromatic carbocycles. The standard InChI is InChI=1S/C18H24N4O3/c1-14(2)13-25-18(24)21-9-5-8-20(10-11-21)17(23)15-12-22-7-4-3-6-16(22)19-15/h3-4,6-7,12,14H,5,8-11,13H2,1-2H3. The Morgan fingerprint density at radius 2 is 1.92 bits per heavy atom. The molecule has 0 saturated carbocycles. The lowest BCUT2D eigenvalue weighted by Gasteiger charge is -2.21. The molecule has 2 aromatic heterocycles. The number of amides is 2. The van der Waals surface area contributed by atoms with Crippen molar-refractivity contribution in [3.05, 3.63) is 36.3 Å². The summed E-state index contributed by atoms with van der Waals surface area (Å²) in [5.41, 5.74) is 1.18. The fourth-order valence-corrected chi connectivity index (χ4v) is 2.83. The van der Waals surface area contributed by atoms with Crippen LogP contribution in [0.4, 0.5) is 4.79 Å². The zero-order chi connectivity index (χ0) is 17.8. The molecule has 7 heteroatoms. The molecule has 1 aliphatic heterocycles. The van der Waals surface area contributed by atoms with Crippen LogP contribution in [0.3, 0.4) is 0 Å². The second-order valence-electron chi connectivity index (χ2n) is 6.70. The minimum absolute atomic E-state index is 0.0962. The van der Waals surface area contributed by atoms with E-state index in [-0.39, 0.29) is 12.0 Å². The fraction of sp³-hybridized carbons (Fsp3) is 0.500. The Hall–Kier alpha value is -2.57. The highest BCUT2D eigenvalue weighted by Crippen LogP contribution is 2.11. The molecule has 134 valence electrons. The van der Waals surface area contributed by atoms with Crippen LogP contribution in [-0.4, -0.2) is 64.0 Å². The highest BCUT2D eigenvalue weighted by molar-refractivity contribution is 5.93. The van der Waals surface area contributed by atoms with E-state index in [1.54, 1.807) is 16.0 Å². The molecule has 0 atom stereocenters. The molecule has 0 bridgehead atoms. The van der Waals surface area contributed by atoms with Crippen LogP contribution in [0.1, 0.15) is 30.8 Å². The minimum atomic E-state index is -0.296. The van der Waals surface area contributed by atoms with Gasteiger partial charge in [0.15, 0.2) is 0 Å². The van der Waals surface area contributed by atoms with Gasteiger partial charge < -0.3 is 18.9 Å². The summed E-state index contributed by atoms with van der Waals surface area (Å²) in [6.07, 6.45) is 4.05. The number of carbonyl (C=O) groups is 2. The van der Waals surface area contributed by atoms with E-state index in [0.717, 1.165) is 12.1 Å². The monoisotopic (exact) mass is 344 g/mol. The van der Waals surface area contributed by atoms with Gasteiger partial charge in [-0.2, -0.15) is 0 Å². The third-order valence-electron chi connectivity index (χ3n) is 4.16. The van der Waals surface area contributed by atoms with E-state index in [0.29, 0.717) is 44.4 Å². The number of ether oxygens (including phenoxy) is 1. The molecule has 1 saturated heterocycles. The molecule has 1 fully saturated rings. The molecule has 25 heavy (non-hydrogen) atoms. The first-order chi connectivity index (χ1) is 12.0. The van der Waals surface area contributed by atoms with E-state index in [9.17, 15) is 9.59 Å². The SMILES string of the molecule is CC(C)COC(=O)N1CCCN(C(=O)c2cn3ccccc3n2)CC1. The topological polar surface area (TPSA) is 67.2 Å². The zero-order valence-corrected chi connectivity index (χ0v) is 14.7. The van der Waals surface area contributed by atoms with Crippen LogP contribution in [0.2, 0.25) is 0 Å². The van der Waals surface area contributed by atoms with Crippen molar-refractivity contribution in [1.29, 1.82) is 0 Å². The molecule has 3 rings (SSSR count). The maximum Gasteiger partial charge on any atom is 0.409 e. The van der Waals surface area contributed by atoms with Gasteiger partial charge in [-0.05, 0) is 24.5 Å². The molecule has 2 aromatic rings. The van der Waals surface area contributed by atoms with Crippen molar-refractivity contribution in [2.75, 3.05) is 32.8 Å². The van der Waals surface area contributed by atoms with Gasteiger partial charge in [-0.25, -0.2) is 9.78 Å². The molecule has 3 heterocycles. The number of imidazole rings is 1. The quantitative estimate of drug-likeness (QED) is 0.857. The first kappa shape index (κ1) is 17.3. The second kappa shape index (κ2) is 7.55. The molecule has 1 aliphatic rings. The molecule has 0 spiro atoms. The third kappa shape index (κ3) is 4.10. The number of pyridine rings is 1. The number of hydrogen-bond acceptors (Lipinski definition) is 4. The van der Waals surface area contributed by atoms with E-state index in [1.165, 1.54) is 0 Å². The van der Waals surface area contributed by atoms with Crippen molar-refractivity contribution in [1.82, 2.24) is 19.2 Å². The van der Waals surface area contributed by atoms with E-state index in [2.05, 4.69) is 4.98 Å². The number of carbonyl (C=O) groups excluding carboxylic acids is 2. The summed E-state index contributed by atoms with van der Waals surface area (Å²) in [7, 11) is 0. The molecule has 0 aliphatic carbocycles. The Kier molecular flexibility index (Phi) is 5.21. The number of rotatable bonds is 3. The van der Waals surface area contributed by atoms with E-state index in [1.807, 2.05) is 42.6 Å². The normalized spacial score (nSPS) is 15.5. The molecule has 2 amide bonds. The van der Waals surface area contributed by atoms with Crippen LogP contribution in [0.15, 0.2) is 30.6 Å². The molecule has 0 N–H and O–H groups in total. The second-order valence-corrected chi connectivity index (χ2v) is 6.70. The first-order valence-electron chi connectivity index (χ1n) is 8.69. The Labute approximate surface area is 147 Å². The Morgan fingerprint density at radius 1 is 1.16 bits per heavy atom. The van der Waals surface area contributed by atoms with Crippen molar-refractivity contribution in [3.63, 3.8) is 0 Å². The zero-order valence-electron chi connectivity index (χ0n) is 14.7. The van der Waals surface area contributed by atoms with E-state index >= 15 is 0 Å². The summed E-state index contributed by atoms with van der Waals surface area (Å²) in [6.45, 7) is 6.61. The first-order valence-corrected chi connectivity index (χ1v) is 8.69. The van der Waals surface area contributed by atoms with Gasteiger partial charge in [0.05, 0.1) is 6.61 Å². The predicted octanol–water partition coefficient (Wildman–Crippen LogP) is 2.27. The molecule has 0 radical (unpaired) electrons. The van der Waals surface area contributed by atoms with Crippen LogP contribution >= 0.6 is 0 Å². The lowest BCUT2D eigenvalue weighted by Crippen LogP contribution is -2.38. The van der Waals surface area contributed by atoms with Gasteiger partial charge in [0, 0.05) is 38.6 Å². The highest BCUT2D eigenvalue weighted by Gasteiger charge is 2.25. The fourth-order valence-electron chi connectivity index (χ4n) is 2.83. The van der Waals surface area contributed by atoms with Crippen LogP contribution in [0.25, 0.3) is 5.65 Å². The Bertz CT molecular complexity index is 723. The van der Waals surface area contributed by atoms with Crippen LogP contribution in [0.5, 0.6) is 0 Å². The van der Waals surface area contributed by atoms with Crippen molar-refractivity contribution >= 4 is 17.6 Å². The average molecular weight is 344 g/mol. The van der Waals surface area contributed by atoms with E-state index < -0.39 is 0 Å². The largest absolute Gasteiger partial charge is 0.449 e. The number of hydrogen-bond donors (Lipinski definition) is 0. The summed E-state index contributed by atoms with van der Waals surface area (Å²) in [5.74, 6) is 0.213. The summed E-state index contributed by atoms with van der Waals surface area (Å²) >= 11 is 0. The maximum absolute atomic E-state index is 12.7. The van der Waals surface area contributed by atoms with Gasteiger partial charge in [-0.15, -0.1) is 0 Å². The lowest BCUT2D eigenvalue weighted by molar-refractivity contribution is 0.0741. The van der Waals surface area contributed by atoms with Crippen molar-refractivity contribution < 1.29 is 14.3 Å². The highest BCUT2D eigenvalue weighted by atomic mass is 16.6. The summed E-state index contributed by atoms with van der Waals surface area (Å²) in [5, 5.41) is 0. The Morgan fingerprint density at radius 3 is 2.68 bits per heavy atom. The van der Waals surface area contributed by atoms with Crippen molar-refractivity contribution in [2.45, 2.75) is 20.3 Å². The van der Waals surface area contributed by atoms with Crippen LogP contribution in [0, 0.1) is 5.92 Å². The smallest absolute Gasteiger partial charge is 0.409 e. The maximum atomic E-state index is 12.7. The average Bonchev–Trinajstić information content (AvgIpc) is 2.88. The summed E-state index contributed by atoms with van der Waals surface area (Å²) in [6, 6.07) is 5.66. The van der Waals surface area contributed by atoms with Crippen molar-refractivity contribution in [3.8, 4) is 0 Å². The molecular formula is C18H24N4O3. The Balaban J connectivity index is 1.62. The van der Waals surface area contributed by atoms with Gasteiger partial charge in [-0.3, -0.25) is 4.79 Å². The third-order valence-corrected chi connectivity index (χ3v) is 4.16. The van der Waals surface area contributed by atoms with Gasteiger partial charge in [0.1, 0.15) is 11.3 Å². The predicted molar refractivity (Wildman–Crippen MR) is 93.5 cm³/mol. The molecule has 7 nitrogen and oxygen atoms in total. The summed E-state index contributed by atoms with van der Waals surface area (Å²) in [4.78, 5) is 32.7. The van der Waals surface area contributed by atoms with E-state index in [4.69, 9.17) is 4.74 Å². The number of fused-ring (bicyclic) bond motifs is 1. The lowest BCUT2D eigenvalue weighted by atomic mass is 10.2. The molecule has 0 unspecified atom stereocenters.